The van der Waals surface area contributed by atoms with Crippen LogP contribution in [0.15, 0.2) is 60.7 Å². The summed E-state index contributed by atoms with van der Waals surface area (Å²) in [6.07, 6.45) is -0.555. The van der Waals surface area contributed by atoms with Crippen molar-refractivity contribution in [3.05, 3.63) is 71.8 Å². The number of aliphatic hydroxyl groups is 3. The first-order valence-corrected chi connectivity index (χ1v) is 9.13. The van der Waals surface area contributed by atoms with Crippen molar-refractivity contribution in [1.82, 2.24) is 9.80 Å². The number of hydrogen-bond acceptors (Lipinski definition) is 5. The third kappa shape index (κ3) is 7.64. The van der Waals surface area contributed by atoms with Gasteiger partial charge in [0.05, 0.1) is 19.3 Å². The summed E-state index contributed by atoms with van der Waals surface area (Å²) >= 11 is 0. The van der Waals surface area contributed by atoms with E-state index in [0.717, 1.165) is 11.1 Å². The molecule has 26 heavy (non-hydrogen) atoms. The van der Waals surface area contributed by atoms with Gasteiger partial charge in [0.1, 0.15) is 0 Å². The second kappa shape index (κ2) is 11.8. The Morgan fingerprint density at radius 1 is 0.654 bits per heavy atom. The molecule has 0 atom stereocenters. The number of hydrogen-bond donors (Lipinski definition) is 3. The Bertz CT molecular complexity index is 541. The van der Waals surface area contributed by atoms with Gasteiger partial charge >= 0.3 is 0 Å². The van der Waals surface area contributed by atoms with E-state index in [1.807, 2.05) is 60.7 Å². The lowest BCUT2D eigenvalue weighted by atomic mass is 10.2. The van der Waals surface area contributed by atoms with Gasteiger partial charge in [-0.1, -0.05) is 60.7 Å². The van der Waals surface area contributed by atoms with Crippen molar-refractivity contribution >= 4 is 0 Å². The SMILES string of the molecule is OCCN(Cc1ccccc1)CC(O)CN(CCO)Cc1ccccc1. The van der Waals surface area contributed by atoms with Gasteiger partial charge in [-0.05, 0) is 11.1 Å². The smallest absolute Gasteiger partial charge is 0.0794 e. The van der Waals surface area contributed by atoms with Crippen LogP contribution in [0.4, 0.5) is 0 Å². The summed E-state index contributed by atoms with van der Waals surface area (Å²) in [5, 5.41) is 29.2. The molecule has 0 saturated carbocycles. The van der Waals surface area contributed by atoms with Crippen LogP contribution in [-0.2, 0) is 13.1 Å². The maximum Gasteiger partial charge on any atom is 0.0794 e. The maximum atomic E-state index is 10.6. The number of aliphatic hydroxyl groups excluding tert-OH is 3. The van der Waals surface area contributed by atoms with Crippen molar-refractivity contribution in [2.75, 3.05) is 39.4 Å². The van der Waals surface area contributed by atoms with E-state index in [2.05, 4.69) is 9.80 Å². The van der Waals surface area contributed by atoms with E-state index in [-0.39, 0.29) is 13.2 Å². The monoisotopic (exact) mass is 358 g/mol. The summed E-state index contributed by atoms with van der Waals surface area (Å²) in [4.78, 5) is 4.11. The van der Waals surface area contributed by atoms with Gasteiger partial charge in [-0.2, -0.15) is 0 Å². The fourth-order valence-electron chi connectivity index (χ4n) is 3.09. The zero-order valence-corrected chi connectivity index (χ0v) is 15.2. The Morgan fingerprint density at radius 2 is 1.04 bits per heavy atom. The fourth-order valence-corrected chi connectivity index (χ4v) is 3.09. The van der Waals surface area contributed by atoms with Crippen molar-refractivity contribution in [3.63, 3.8) is 0 Å². The van der Waals surface area contributed by atoms with E-state index < -0.39 is 6.10 Å². The van der Waals surface area contributed by atoms with Crippen LogP contribution < -0.4 is 0 Å². The van der Waals surface area contributed by atoms with Crippen LogP contribution in [0.2, 0.25) is 0 Å². The van der Waals surface area contributed by atoms with Crippen molar-refractivity contribution < 1.29 is 15.3 Å². The molecule has 0 fully saturated rings. The van der Waals surface area contributed by atoms with Gasteiger partial charge in [0.25, 0.3) is 0 Å². The predicted octanol–water partition coefficient (Wildman–Crippen LogP) is 1.34. The van der Waals surface area contributed by atoms with Crippen molar-refractivity contribution in [3.8, 4) is 0 Å². The molecular weight excluding hydrogens is 328 g/mol. The van der Waals surface area contributed by atoms with E-state index in [9.17, 15) is 15.3 Å². The number of benzene rings is 2. The summed E-state index contributed by atoms with van der Waals surface area (Å²) in [5.41, 5.74) is 2.31. The summed E-state index contributed by atoms with van der Waals surface area (Å²) in [7, 11) is 0. The van der Waals surface area contributed by atoms with Crippen LogP contribution >= 0.6 is 0 Å². The van der Waals surface area contributed by atoms with Gasteiger partial charge in [0, 0.05) is 39.3 Å². The zero-order chi connectivity index (χ0) is 18.6. The molecule has 0 amide bonds. The minimum Gasteiger partial charge on any atom is -0.395 e. The molecule has 0 unspecified atom stereocenters. The molecule has 0 saturated heterocycles. The molecule has 142 valence electrons. The lowest BCUT2D eigenvalue weighted by Gasteiger charge is -2.28. The van der Waals surface area contributed by atoms with Gasteiger partial charge in [-0.3, -0.25) is 9.80 Å². The van der Waals surface area contributed by atoms with E-state index in [1.54, 1.807) is 0 Å². The lowest BCUT2D eigenvalue weighted by molar-refractivity contribution is 0.0562. The predicted molar refractivity (Wildman–Crippen MR) is 104 cm³/mol. The molecule has 3 N–H and O–H groups in total. The first-order chi connectivity index (χ1) is 12.7. The minimum atomic E-state index is -0.555. The van der Waals surface area contributed by atoms with Crippen molar-refractivity contribution in [2.24, 2.45) is 0 Å². The first-order valence-electron chi connectivity index (χ1n) is 9.13. The van der Waals surface area contributed by atoms with E-state index >= 15 is 0 Å². The number of rotatable bonds is 12. The molecule has 0 aliphatic carbocycles. The van der Waals surface area contributed by atoms with Gasteiger partial charge in [-0.25, -0.2) is 0 Å². The Hall–Kier alpha value is -1.76. The van der Waals surface area contributed by atoms with Crippen LogP contribution in [0.25, 0.3) is 0 Å². The maximum absolute atomic E-state index is 10.6. The molecular formula is C21H30N2O3. The minimum absolute atomic E-state index is 0.0594. The molecule has 0 bridgehead atoms. The average Bonchev–Trinajstić information content (AvgIpc) is 2.63. The van der Waals surface area contributed by atoms with Crippen molar-refractivity contribution in [1.29, 1.82) is 0 Å². The van der Waals surface area contributed by atoms with E-state index in [0.29, 0.717) is 39.3 Å². The highest BCUT2D eigenvalue weighted by Crippen LogP contribution is 2.08. The van der Waals surface area contributed by atoms with Crippen LogP contribution in [0.1, 0.15) is 11.1 Å². The van der Waals surface area contributed by atoms with Gasteiger partial charge in [0.2, 0.25) is 0 Å². The Labute approximate surface area is 156 Å². The Balaban J connectivity index is 1.90. The standard InChI is InChI=1S/C21H30N2O3/c24-13-11-22(15-19-7-3-1-4-8-19)17-21(26)18-23(12-14-25)16-20-9-5-2-6-10-20/h1-10,21,24-26H,11-18H2. The molecule has 2 aromatic carbocycles. The molecule has 0 radical (unpaired) electrons. The molecule has 2 aromatic rings. The topological polar surface area (TPSA) is 67.2 Å². The Kier molecular flexibility index (Phi) is 9.31. The Morgan fingerprint density at radius 3 is 1.38 bits per heavy atom. The molecule has 0 aliphatic rings. The highest BCUT2D eigenvalue weighted by atomic mass is 16.3. The highest BCUT2D eigenvalue weighted by Gasteiger charge is 2.16. The normalized spacial score (nSPS) is 11.6. The van der Waals surface area contributed by atoms with Crippen LogP contribution in [0, 0.1) is 0 Å². The molecule has 0 aromatic heterocycles. The van der Waals surface area contributed by atoms with Gasteiger partial charge < -0.3 is 15.3 Å². The van der Waals surface area contributed by atoms with Crippen molar-refractivity contribution in [2.45, 2.75) is 19.2 Å². The van der Waals surface area contributed by atoms with Crippen LogP contribution in [0.5, 0.6) is 0 Å². The molecule has 0 heterocycles. The third-order valence-corrected chi connectivity index (χ3v) is 4.27. The third-order valence-electron chi connectivity index (χ3n) is 4.27. The summed E-state index contributed by atoms with van der Waals surface area (Å²) < 4.78 is 0. The summed E-state index contributed by atoms with van der Waals surface area (Å²) in [6.45, 7) is 3.50. The molecule has 0 spiro atoms. The number of nitrogens with zero attached hydrogens (tertiary/aromatic N) is 2. The van der Waals surface area contributed by atoms with Crippen LogP contribution in [-0.4, -0.2) is 70.6 Å². The largest absolute Gasteiger partial charge is 0.395 e. The molecule has 5 nitrogen and oxygen atoms in total. The molecule has 5 heteroatoms. The average molecular weight is 358 g/mol. The second-order valence-corrected chi connectivity index (χ2v) is 6.54. The summed E-state index contributed by atoms with van der Waals surface area (Å²) in [5.74, 6) is 0. The van der Waals surface area contributed by atoms with E-state index in [1.165, 1.54) is 0 Å². The van der Waals surface area contributed by atoms with Gasteiger partial charge in [0.15, 0.2) is 0 Å². The van der Waals surface area contributed by atoms with Crippen LogP contribution in [0.3, 0.4) is 0 Å². The fraction of sp³-hybridized carbons (Fsp3) is 0.429. The zero-order valence-electron chi connectivity index (χ0n) is 15.2. The van der Waals surface area contributed by atoms with Gasteiger partial charge in [-0.15, -0.1) is 0 Å². The highest BCUT2D eigenvalue weighted by molar-refractivity contribution is 5.15. The summed E-state index contributed by atoms with van der Waals surface area (Å²) in [6, 6.07) is 20.1. The molecule has 0 aliphatic heterocycles. The second-order valence-electron chi connectivity index (χ2n) is 6.54. The quantitative estimate of drug-likeness (QED) is 0.534. The first kappa shape index (κ1) is 20.6. The lowest BCUT2D eigenvalue weighted by Crippen LogP contribution is -2.41. The van der Waals surface area contributed by atoms with E-state index in [4.69, 9.17) is 0 Å². The molecule has 2 rings (SSSR count).